The fraction of sp³-hybridized carbons (Fsp3) is 0.857. The summed E-state index contributed by atoms with van der Waals surface area (Å²) in [5.74, 6) is -0.494. The second-order valence-electron chi connectivity index (χ2n) is 2.69. The molecule has 3 N–H and O–H groups in total. The van der Waals surface area contributed by atoms with Gasteiger partial charge >= 0.3 is 5.97 Å². The molecule has 3 heteroatoms. The molecule has 0 radical (unpaired) electrons. The van der Waals surface area contributed by atoms with Crippen LogP contribution < -0.4 is 5.73 Å². The molecule has 0 bridgehead atoms. The Kier molecular flexibility index (Phi) is 4.03. The standard InChI is InChI=1S/C7H15NO2/c1-3-5(2)4-6(8)7(9)10/h5-6H,3-4,8H2,1-2H3,(H,9,10)/t5-,6-/m1/s1. The minimum Gasteiger partial charge on any atom is -0.480 e. The van der Waals surface area contributed by atoms with E-state index in [0.29, 0.717) is 12.3 Å². The van der Waals surface area contributed by atoms with Gasteiger partial charge in [-0.15, -0.1) is 0 Å². The average molecular weight is 145 g/mol. The first-order chi connectivity index (χ1) is 4.57. The van der Waals surface area contributed by atoms with Crippen LogP contribution in [0.1, 0.15) is 26.7 Å². The van der Waals surface area contributed by atoms with Crippen LogP contribution in [-0.4, -0.2) is 17.1 Å². The van der Waals surface area contributed by atoms with Crippen LogP contribution in [0, 0.1) is 5.92 Å². The molecule has 2 atom stereocenters. The second kappa shape index (κ2) is 4.28. The van der Waals surface area contributed by atoms with Crippen molar-refractivity contribution in [1.82, 2.24) is 0 Å². The van der Waals surface area contributed by atoms with Gasteiger partial charge < -0.3 is 10.8 Å². The summed E-state index contributed by atoms with van der Waals surface area (Å²) in [5, 5.41) is 8.40. The summed E-state index contributed by atoms with van der Waals surface area (Å²) in [6.07, 6.45) is 1.56. The van der Waals surface area contributed by atoms with Gasteiger partial charge in [-0.1, -0.05) is 20.3 Å². The Bertz CT molecular complexity index is 114. The minimum atomic E-state index is -0.902. The van der Waals surface area contributed by atoms with Crippen molar-refractivity contribution in [1.29, 1.82) is 0 Å². The van der Waals surface area contributed by atoms with E-state index in [1.807, 2.05) is 13.8 Å². The van der Waals surface area contributed by atoms with Crippen LogP contribution in [0.25, 0.3) is 0 Å². The predicted octanol–water partition coefficient (Wildman–Crippen LogP) is 0.834. The third-order valence-corrected chi connectivity index (χ3v) is 1.67. The van der Waals surface area contributed by atoms with Crippen molar-refractivity contribution in [2.24, 2.45) is 11.7 Å². The lowest BCUT2D eigenvalue weighted by molar-refractivity contribution is -0.138. The van der Waals surface area contributed by atoms with Crippen molar-refractivity contribution >= 4 is 5.97 Å². The Morgan fingerprint density at radius 3 is 2.50 bits per heavy atom. The molecule has 0 rings (SSSR count). The fourth-order valence-electron chi connectivity index (χ4n) is 0.701. The monoisotopic (exact) mass is 145 g/mol. The van der Waals surface area contributed by atoms with E-state index in [0.717, 1.165) is 6.42 Å². The number of carboxylic acids is 1. The normalized spacial score (nSPS) is 16.3. The highest BCUT2D eigenvalue weighted by molar-refractivity contribution is 5.72. The van der Waals surface area contributed by atoms with Gasteiger partial charge in [0, 0.05) is 0 Å². The number of nitrogens with two attached hydrogens (primary N) is 1. The molecule has 10 heavy (non-hydrogen) atoms. The molecule has 0 heterocycles. The predicted molar refractivity (Wildman–Crippen MR) is 39.7 cm³/mol. The van der Waals surface area contributed by atoms with Gasteiger partial charge in [-0.25, -0.2) is 0 Å². The highest BCUT2D eigenvalue weighted by Crippen LogP contribution is 2.07. The van der Waals surface area contributed by atoms with Crippen LogP contribution in [0.2, 0.25) is 0 Å². The molecule has 0 fully saturated rings. The summed E-state index contributed by atoms with van der Waals surface area (Å²) in [7, 11) is 0. The van der Waals surface area contributed by atoms with E-state index < -0.39 is 12.0 Å². The first kappa shape index (κ1) is 9.43. The van der Waals surface area contributed by atoms with E-state index >= 15 is 0 Å². The highest BCUT2D eigenvalue weighted by atomic mass is 16.4. The Morgan fingerprint density at radius 2 is 2.20 bits per heavy atom. The van der Waals surface area contributed by atoms with Crippen LogP contribution in [0.3, 0.4) is 0 Å². The molecular weight excluding hydrogens is 130 g/mol. The molecule has 0 spiro atoms. The zero-order chi connectivity index (χ0) is 8.15. The molecule has 0 aromatic heterocycles. The first-order valence-corrected chi connectivity index (χ1v) is 3.56. The molecule has 0 aliphatic rings. The number of rotatable bonds is 4. The Morgan fingerprint density at radius 1 is 1.70 bits per heavy atom. The Balaban J connectivity index is 3.56. The van der Waals surface area contributed by atoms with Crippen molar-refractivity contribution < 1.29 is 9.90 Å². The zero-order valence-electron chi connectivity index (χ0n) is 6.50. The summed E-state index contributed by atoms with van der Waals surface area (Å²) in [6.45, 7) is 4.03. The zero-order valence-corrected chi connectivity index (χ0v) is 6.50. The summed E-state index contributed by atoms with van der Waals surface area (Å²) < 4.78 is 0. The highest BCUT2D eigenvalue weighted by Gasteiger charge is 2.13. The number of carbonyl (C=O) groups is 1. The first-order valence-electron chi connectivity index (χ1n) is 3.56. The van der Waals surface area contributed by atoms with E-state index in [4.69, 9.17) is 10.8 Å². The topological polar surface area (TPSA) is 63.3 Å². The van der Waals surface area contributed by atoms with Gasteiger partial charge in [0.1, 0.15) is 6.04 Å². The summed E-state index contributed by atoms with van der Waals surface area (Å²) in [4.78, 5) is 10.2. The maximum absolute atomic E-state index is 10.2. The average Bonchev–Trinajstić information content (AvgIpc) is 1.87. The van der Waals surface area contributed by atoms with E-state index in [-0.39, 0.29) is 0 Å². The molecule has 0 aliphatic carbocycles. The molecular formula is C7H15NO2. The number of hydrogen-bond donors (Lipinski definition) is 2. The summed E-state index contributed by atoms with van der Waals surface area (Å²) in [5.41, 5.74) is 5.29. The second-order valence-corrected chi connectivity index (χ2v) is 2.69. The molecule has 0 saturated heterocycles. The Hall–Kier alpha value is -0.570. The van der Waals surface area contributed by atoms with Gasteiger partial charge in [-0.05, 0) is 12.3 Å². The van der Waals surface area contributed by atoms with Crippen molar-refractivity contribution in [3.8, 4) is 0 Å². The smallest absolute Gasteiger partial charge is 0.320 e. The van der Waals surface area contributed by atoms with Crippen molar-refractivity contribution in [3.05, 3.63) is 0 Å². The van der Waals surface area contributed by atoms with Crippen LogP contribution in [-0.2, 0) is 4.79 Å². The van der Waals surface area contributed by atoms with Crippen LogP contribution in [0.15, 0.2) is 0 Å². The van der Waals surface area contributed by atoms with Gasteiger partial charge in [0.2, 0.25) is 0 Å². The van der Waals surface area contributed by atoms with Gasteiger partial charge in [0.25, 0.3) is 0 Å². The lowest BCUT2D eigenvalue weighted by Gasteiger charge is -2.10. The number of hydrogen-bond acceptors (Lipinski definition) is 2. The molecule has 0 aromatic carbocycles. The molecule has 0 amide bonds. The van der Waals surface area contributed by atoms with Crippen LogP contribution in [0.4, 0.5) is 0 Å². The molecule has 0 aromatic rings. The third kappa shape index (κ3) is 3.45. The molecule has 0 unspecified atom stereocenters. The third-order valence-electron chi connectivity index (χ3n) is 1.67. The van der Waals surface area contributed by atoms with E-state index in [9.17, 15) is 4.79 Å². The van der Waals surface area contributed by atoms with Crippen LogP contribution in [0.5, 0.6) is 0 Å². The van der Waals surface area contributed by atoms with E-state index in [1.165, 1.54) is 0 Å². The van der Waals surface area contributed by atoms with Crippen molar-refractivity contribution in [2.75, 3.05) is 0 Å². The van der Waals surface area contributed by atoms with E-state index in [2.05, 4.69) is 0 Å². The minimum absolute atomic E-state index is 0.408. The largest absolute Gasteiger partial charge is 0.480 e. The number of carboxylic acid groups (broad SMARTS) is 1. The van der Waals surface area contributed by atoms with Gasteiger partial charge in [0.15, 0.2) is 0 Å². The van der Waals surface area contributed by atoms with Gasteiger partial charge in [-0.3, -0.25) is 4.79 Å². The molecule has 60 valence electrons. The maximum atomic E-state index is 10.2. The fourth-order valence-corrected chi connectivity index (χ4v) is 0.701. The molecule has 0 aliphatic heterocycles. The number of aliphatic carboxylic acids is 1. The summed E-state index contributed by atoms with van der Waals surface area (Å²) in [6, 6.07) is -0.685. The maximum Gasteiger partial charge on any atom is 0.320 e. The summed E-state index contributed by atoms with van der Waals surface area (Å²) >= 11 is 0. The quantitative estimate of drug-likeness (QED) is 0.616. The molecule has 3 nitrogen and oxygen atoms in total. The van der Waals surface area contributed by atoms with Crippen molar-refractivity contribution in [2.45, 2.75) is 32.7 Å². The lowest BCUT2D eigenvalue weighted by Crippen LogP contribution is -2.31. The van der Waals surface area contributed by atoms with Crippen molar-refractivity contribution in [3.63, 3.8) is 0 Å². The SMILES string of the molecule is CC[C@@H](C)C[C@@H](N)C(=O)O. The van der Waals surface area contributed by atoms with Crippen LogP contribution >= 0.6 is 0 Å². The van der Waals surface area contributed by atoms with E-state index in [1.54, 1.807) is 0 Å². The lowest BCUT2D eigenvalue weighted by atomic mass is 10.0. The van der Waals surface area contributed by atoms with Gasteiger partial charge in [-0.2, -0.15) is 0 Å². The Labute approximate surface area is 61.2 Å². The molecule has 0 saturated carbocycles. The van der Waals surface area contributed by atoms with Gasteiger partial charge in [0.05, 0.1) is 0 Å².